The van der Waals surface area contributed by atoms with Crippen LogP contribution in [0.25, 0.3) is 16.9 Å². The summed E-state index contributed by atoms with van der Waals surface area (Å²) in [5.74, 6) is 0.0611. The van der Waals surface area contributed by atoms with Crippen LogP contribution in [0.15, 0.2) is 18.2 Å². The van der Waals surface area contributed by atoms with Crippen molar-refractivity contribution in [2.24, 2.45) is 7.05 Å². The van der Waals surface area contributed by atoms with Crippen LogP contribution in [0.2, 0.25) is 0 Å². The van der Waals surface area contributed by atoms with Crippen LogP contribution in [-0.2, 0) is 7.05 Å². The molecular formula is C13H13FN4OS. The molecule has 0 aliphatic carbocycles. The number of halogens is 1. The Morgan fingerprint density at radius 3 is 2.85 bits per heavy atom. The quantitative estimate of drug-likeness (QED) is 0.739. The lowest BCUT2D eigenvalue weighted by Crippen LogP contribution is -2.03. The van der Waals surface area contributed by atoms with E-state index in [1.807, 2.05) is 14.0 Å². The van der Waals surface area contributed by atoms with Gasteiger partial charge < -0.3 is 9.72 Å². The second-order valence-electron chi connectivity index (χ2n) is 4.49. The van der Waals surface area contributed by atoms with Gasteiger partial charge in [-0.3, -0.25) is 4.57 Å². The van der Waals surface area contributed by atoms with Gasteiger partial charge in [0.15, 0.2) is 10.4 Å². The Hall–Kier alpha value is -2.15. The lowest BCUT2D eigenvalue weighted by molar-refractivity contribution is 0.409. The molecule has 104 valence electrons. The van der Waals surface area contributed by atoms with E-state index in [4.69, 9.17) is 17.0 Å². The Morgan fingerprint density at radius 1 is 1.40 bits per heavy atom. The van der Waals surface area contributed by atoms with E-state index in [1.54, 1.807) is 15.3 Å². The van der Waals surface area contributed by atoms with Gasteiger partial charge in [-0.2, -0.15) is 5.10 Å². The zero-order valence-electron chi connectivity index (χ0n) is 11.3. The molecule has 0 radical (unpaired) electrons. The average Bonchev–Trinajstić information content (AvgIpc) is 2.88. The van der Waals surface area contributed by atoms with Crippen LogP contribution in [-0.4, -0.2) is 26.4 Å². The molecule has 0 saturated carbocycles. The fourth-order valence-corrected chi connectivity index (χ4v) is 2.65. The van der Waals surface area contributed by atoms with E-state index in [0.717, 1.165) is 16.9 Å². The molecule has 2 aromatic heterocycles. The van der Waals surface area contributed by atoms with Crippen molar-refractivity contribution in [3.05, 3.63) is 34.5 Å². The molecule has 3 aromatic rings. The molecule has 0 aliphatic heterocycles. The maximum Gasteiger partial charge on any atom is 0.184 e. The number of H-pyrrole nitrogens is 1. The van der Waals surface area contributed by atoms with Crippen LogP contribution < -0.4 is 4.74 Å². The SMILES string of the molecule is COc1cc(F)ccc1-n1c(=S)[nH]c2c(C)nn(C)c21. The summed E-state index contributed by atoms with van der Waals surface area (Å²) >= 11 is 5.37. The number of aromatic nitrogens is 4. The van der Waals surface area contributed by atoms with E-state index in [0.29, 0.717) is 16.2 Å². The van der Waals surface area contributed by atoms with E-state index in [1.165, 1.54) is 19.2 Å². The van der Waals surface area contributed by atoms with Crippen molar-refractivity contribution in [3.8, 4) is 11.4 Å². The van der Waals surface area contributed by atoms with Crippen LogP contribution in [0, 0.1) is 17.5 Å². The average molecular weight is 292 g/mol. The highest BCUT2D eigenvalue weighted by atomic mass is 32.1. The summed E-state index contributed by atoms with van der Waals surface area (Å²) in [6, 6.07) is 4.35. The molecular weight excluding hydrogens is 279 g/mol. The van der Waals surface area contributed by atoms with Gasteiger partial charge in [-0.1, -0.05) is 0 Å². The van der Waals surface area contributed by atoms with Crippen molar-refractivity contribution in [1.29, 1.82) is 0 Å². The summed E-state index contributed by atoms with van der Waals surface area (Å²) in [5, 5.41) is 4.35. The van der Waals surface area contributed by atoms with E-state index in [-0.39, 0.29) is 5.82 Å². The Kier molecular flexibility index (Phi) is 2.86. The van der Waals surface area contributed by atoms with Crippen molar-refractivity contribution >= 4 is 23.4 Å². The van der Waals surface area contributed by atoms with Gasteiger partial charge in [0, 0.05) is 13.1 Å². The minimum Gasteiger partial charge on any atom is -0.494 e. The zero-order chi connectivity index (χ0) is 14.4. The second kappa shape index (κ2) is 4.45. The van der Waals surface area contributed by atoms with Gasteiger partial charge in [-0.15, -0.1) is 0 Å². The first kappa shape index (κ1) is 12.9. The summed E-state index contributed by atoms with van der Waals surface area (Å²) in [7, 11) is 3.34. The van der Waals surface area contributed by atoms with Gasteiger partial charge in [0.1, 0.15) is 17.1 Å². The van der Waals surface area contributed by atoms with Gasteiger partial charge in [0.25, 0.3) is 0 Å². The Morgan fingerprint density at radius 2 is 2.15 bits per heavy atom. The molecule has 0 saturated heterocycles. The number of hydrogen-bond acceptors (Lipinski definition) is 3. The van der Waals surface area contributed by atoms with Crippen LogP contribution in [0.1, 0.15) is 5.69 Å². The molecule has 2 heterocycles. The van der Waals surface area contributed by atoms with Gasteiger partial charge >= 0.3 is 0 Å². The number of rotatable bonds is 2. The largest absolute Gasteiger partial charge is 0.494 e. The van der Waals surface area contributed by atoms with Crippen molar-refractivity contribution in [3.63, 3.8) is 0 Å². The minimum absolute atomic E-state index is 0.356. The van der Waals surface area contributed by atoms with Gasteiger partial charge in [0.2, 0.25) is 0 Å². The van der Waals surface area contributed by atoms with Gasteiger partial charge in [0.05, 0.1) is 18.5 Å². The van der Waals surface area contributed by atoms with Crippen LogP contribution in [0.3, 0.4) is 0 Å². The van der Waals surface area contributed by atoms with E-state index < -0.39 is 0 Å². The van der Waals surface area contributed by atoms with E-state index >= 15 is 0 Å². The second-order valence-corrected chi connectivity index (χ2v) is 4.88. The fraction of sp³-hybridized carbons (Fsp3) is 0.231. The third-order valence-electron chi connectivity index (χ3n) is 3.22. The molecule has 0 bridgehead atoms. The summed E-state index contributed by atoms with van der Waals surface area (Å²) in [5.41, 5.74) is 3.21. The molecule has 0 aliphatic rings. The third-order valence-corrected chi connectivity index (χ3v) is 3.51. The number of hydrogen-bond donors (Lipinski definition) is 1. The number of benzene rings is 1. The number of imidazole rings is 1. The molecule has 1 N–H and O–H groups in total. The Balaban J connectivity index is 2.40. The van der Waals surface area contributed by atoms with Crippen LogP contribution in [0.4, 0.5) is 4.39 Å². The first-order chi connectivity index (χ1) is 9.52. The maximum absolute atomic E-state index is 13.3. The molecule has 20 heavy (non-hydrogen) atoms. The highest BCUT2D eigenvalue weighted by Crippen LogP contribution is 2.28. The topological polar surface area (TPSA) is 47.8 Å². The Labute approximate surface area is 119 Å². The van der Waals surface area contributed by atoms with Crippen molar-refractivity contribution in [2.75, 3.05) is 7.11 Å². The lowest BCUT2D eigenvalue weighted by atomic mass is 10.3. The molecule has 0 spiro atoms. The molecule has 5 nitrogen and oxygen atoms in total. The molecule has 1 aromatic carbocycles. The van der Waals surface area contributed by atoms with E-state index in [9.17, 15) is 4.39 Å². The summed E-state index contributed by atoms with van der Waals surface area (Å²) in [6.07, 6.45) is 0. The predicted octanol–water partition coefficient (Wildman–Crippen LogP) is 2.88. The normalized spacial score (nSPS) is 11.2. The maximum atomic E-state index is 13.3. The first-order valence-corrected chi connectivity index (χ1v) is 6.42. The number of methoxy groups -OCH3 is 1. The van der Waals surface area contributed by atoms with Crippen LogP contribution in [0.5, 0.6) is 5.75 Å². The number of aryl methyl sites for hydroxylation is 2. The standard InChI is InChI=1S/C13H13FN4OS/c1-7-11-12(17(2)16-7)18(13(20)15-11)9-5-4-8(14)6-10(9)19-3/h4-6H,1-3H3,(H,15,20). The molecule has 0 fully saturated rings. The predicted molar refractivity (Wildman–Crippen MR) is 76.5 cm³/mol. The minimum atomic E-state index is -0.356. The third kappa shape index (κ3) is 1.74. The number of fused-ring (bicyclic) bond motifs is 1. The lowest BCUT2D eigenvalue weighted by Gasteiger charge is -2.10. The smallest absolute Gasteiger partial charge is 0.184 e. The van der Waals surface area contributed by atoms with Crippen molar-refractivity contribution in [1.82, 2.24) is 19.3 Å². The number of nitrogens with one attached hydrogen (secondary N) is 1. The van der Waals surface area contributed by atoms with Crippen molar-refractivity contribution in [2.45, 2.75) is 6.92 Å². The molecule has 7 heteroatoms. The molecule has 0 atom stereocenters. The monoisotopic (exact) mass is 292 g/mol. The van der Waals surface area contributed by atoms with Crippen molar-refractivity contribution < 1.29 is 9.13 Å². The van der Waals surface area contributed by atoms with Gasteiger partial charge in [-0.25, -0.2) is 9.07 Å². The van der Waals surface area contributed by atoms with Crippen LogP contribution >= 0.6 is 12.2 Å². The molecule has 3 rings (SSSR count). The highest BCUT2D eigenvalue weighted by molar-refractivity contribution is 7.71. The number of aromatic amines is 1. The summed E-state index contributed by atoms with van der Waals surface area (Å²) < 4.78 is 22.6. The molecule has 0 unspecified atom stereocenters. The Bertz CT molecular complexity index is 861. The number of ether oxygens (including phenoxy) is 1. The number of nitrogens with zero attached hydrogens (tertiary/aromatic N) is 3. The summed E-state index contributed by atoms with van der Waals surface area (Å²) in [4.78, 5) is 3.13. The molecule has 0 amide bonds. The zero-order valence-corrected chi connectivity index (χ0v) is 12.1. The van der Waals surface area contributed by atoms with E-state index in [2.05, 4.69) is 10.1 Å². The first-order valence-electron chi connectivity index (χ1n) is 6.01. The fourth-order valence-electron chi connectivity index (χ4n) is 2.37. The van der Waals surface area contributed by atoms with Gasteiger partial charge in [-0.05, 0) is 31.3 Å². The summed E-state index contributed by atoms with van der Waals surface area (Å²) in [6.45, 7) is 1.90. The highest BCUT2D eigenvalue weighted by Gasteiger charge is 2.17.